The molecule has 0 atom stereocenters. The Bertz CT molecular complexity index is 1890. The van der Waals surface area contributed by atoms with Crippen LogP contribution in [0.25, 0.3) is 43.1 Å². The normalized spacial score (nSPS) is 18.0. The summed E-state index contributed by atoms with van der Waals surface area (Å²) in [5, 5.41) is 8.43. The summed E-state index contributed by atoms with van der Waals surface area (Å²) in [5.74, 6) is 3.19. The van der Waals surface area contributed by atoms with E-state index in [2.05, 4.69) is 48.5 Å². The molecular weight excluding hydrogens is 769 g/mol. The Hall–Kier alpha value is -4.76. The van der Waals surface area contributed by atoms with Crippen molar-refractivity contribution in [3.8, 4) is 23.0 Å². The van der Waals surface area contributed by atoms with E-state index >= 15 is 0 Å². The molecule has 0 N–H and O–H groups in total. The third-order valence-corrected chi connectivity index (χ3v) is 9.77. The molecule has 0 radical (unpaired) electrons. The molecule has 320 valence electrons. The number of rotatable bonds is 0. The second-order valence-corrected chi connectivity index (χ2v) is 13.9. The molecule has 60 heavy (non-hydrogen) atoms. The van der Waals surface area contributed by atoms with Crippen molar-refractivity contribution in [1.82, 2.24) is 0 Å². The number of hydrogen-bond donors (Lipinski definition) is 0. The predicted molar refractivity (Wildman–Crippen MR) is 231 cm³/mol. The second-order valence-electron chi connectivity index (χ2n) is 13.9. The first-order valence-corrected chi connectivity index (χ1v) is 20.9. The van der Waals surface area contributed by atoms with Crippen molar-refractivity contribution in [3.05, 3.63) is 97.1 Å². The smallest absolute Gasteiger partial charge is 0.127 e. The molecule has 6 aromatic carbocycles. The molecule has 0 amide bonds. The average Bonchev–Trinajstić information content (AvgIpc) is 3.27. The van der Waals surface area contributed by atoms with Crippen LogP contribution in [0, 0.1) is 0 Å². The zero-order valence-electron chi connectivity index (χ0n) is 34.3. The molecule has 4 bridgehead atoms. The van der Waals surface area contributed by atoms with Gasteiger partial charge in [-0.25, -0.2) is 0 Å². The van der Waals surface area contributed by atoms with E-state index in [1.165, 1.54) is 0 Å². The summed E-state index contributed by atoms with van der Waals surface area (Å²) in [6.45, 7) is 9.14. The van der Waals surface area contributed by atoms with Gasteiger partial charge < -0.3 is 56.8 Å². The van der Waals surface area contributed by atoms with Gasteiger partial charge in [-0.1, -0.05) is 48.5 Å². The van der Waals surface area contributed by atoms with E-state index in [0.717, 1.165) is 66.1 Å². The highest BCUT2D eigenvalue weighted by atomic mass is 16.6. The Balaban J connectivity index is 0.877. The van der Waals surface area contributed by atoms with Gasteiger partial charge in [0.25, 0.3) is 0 Å². The molecule has 0 aromatic heterocycles. The average molecular weight is 825 g/mol. The summed E-state index contributed by atoms with van der Waals surface area (Å²) in [6.07, 6.45) is 0. The molecule has 1 aliphatic heterocycles. The van der Waals surface area contributed by atoms with E-state index in [1.54, 1.807) is 0 Å². The van der Waals surface area contributed by atoms with Gasteiger partial charge in [0.1, 0.15) is 49.4 Å². The molecule has 0 spiro atoms. The summed E-state index contributed by atoms with van der Waals surface area (Å²) < 4.78 is 70.4. The first-order valence-electron chi connectivity index (χ1n) is 20.9. The van der Waals surface area contributed by atoms with Crippen LogP contribution in [0.3, 0.4) is 0 Å². The maximum absolute atomic E-state index is 6.16. The highest BCUT2D eigenvalue weighted by Gasteiger charge is 2.11. The van der Waals surface area contributed by atoms with Gasteiger partial charge in [-0.3, -0.25) is 0 Å². The van der Waals surface area contributed by atoms with Crippen LogP contribution in [0.5, 0.6) is 23.0 Å². The summed E-state index contributed by atoms with van der Waals surface area (Å²) in [5.41, 5.74) is 0. The van der Waals surface area contributed by atoms with Crippen molar-refractivity contribution >= 4 is 43.1 Å². The van der Waals surface area contributed by atoms with Crippen molar-refractivity contribution in [2.45, 2.75) is 0 Å². The zero-order chi connectivity index (χ0) is 40.9. The SMILES string of the molecule is c1cc2c3cc4c(cccc4cc3c1)OCCOCCOCCOCCOCCOc1cccc3cc4cccc(c4cc13)OCCOCCOCCOCCOCCO2. The molecule has 0 saturated carbocycles. The lowest BCUT2D eigenvalue weighted by Crippen LogP contribution is -2.15. The first-order chi connectivity index (χ1) is 29.8. The third kappa shape index (κ3) is 13.1. The molecule has 0 aliphatic carbocycles. The van der Waals surface area contributed by atoms with Crippen LogP contribution in [0.4, 0.5) is 0 Å². The lowest BCUT2D eigenvalue weighted by Gasteiger charge is -2.14. The Morgan fingerprint density at radius 3 is 0.633 bits per heavy atom. The highest BCUT2D eigenvalue weighted by molar-refractivity contribution is 6.04. The summed E-state index contributed by atoms with van der Waals surface area (Å²) in [6, 6.07) is 32.9. The van der Waals surface area contributed by atoms with Crippen molar-refractivity contribution in [1.29, 1.82) is 0 Å². The van der Waals surface area contributed by atoms with E-state index in [1.807, 2.05) is 48.5 Å². The number of hydrogen-bond acceptors (Lipinski definition) is 12. The van der Waals surface area contributed by atoms with Crippen molar-refractivity contribution in [2.75, 3.05) is 132 Å². The fraction of sp³-hybridized carbons (Fsp3) is 0.417. The van der Waals surface area contributed by atoms with Crippen LogP contribution in [-0.2, 0) is 37.9 Å². The molecule has 0 saturated heterocycles. The quantitative estimate of drug-likeness (QED) is 0.140. The molecule has 7 rings (SSSR count). The fourth-order valence-corrected chi connectivity index (χ4v) is 6.86. The number of benzene rings is 6. The Labute approximate surface area is 351 Å². The molecular formula is C48H56O12. The van der Waals surface area contributed by atoms with Gasteiger partial charge in [-0.05, 0) is 70.1 Å². The lowest BCUT2D eigenvalue weighted by molar-refractivity contribution is -0.00693. The summed E-state index contributed by atoms with van der Waals surface area (Å²) in [4.78, 5) is 0. The van der Waals surface area contributed by atoms with Gasteiger partial charge in [0.15, 0.2) is 0 Å². The first kappa shape index (κ1) is 43.3. The van der Waals surface area contributed by atoms with Crippen LogP contribution in [0.2, 0.25) is 0 Å². The van der Waals surface area contributed by atoms with Crippen LogP contribution in [0.1, 0.15) is 0 Å². The molecule has 1 aliphatic rings. The largest absolute Gasteiger partial charge is 0.491 e. The Morgan fingerprint density at radius 2 is 0.417 bits per heavy atom. The third-order valence-electron chi connectivity index (χ3n) is 9.77. The number of ether oxygens (including phenoxy) is 12. The summed E-state index contributed by atoms with van der Waals surface area (Å²) >= 11 is 0. The van der Waals surface area contributed by atoms with Crippen LogP contribution in [-0.4, -0.2) is 132 Å². The molecule has 0 unspecified atom stereocenters. The van der Waals surface area contributed by atoms with Gasteiger partial charge >= 0.3 is 0 Å². The fourth-order valence-electron chi connectivity index (χ4n) is 6.86. The maximum Gasteiger partial charge on any atom is 0.127 e. The Kier molecular flexibility index (Phi) is 17.7. The summed E-state index contributed by atoms with van der Waals surface area (Å²) in [7, 11) is 0. The molecule has 12 heteroatoms. The van der Waals surface area contributed by atoms with Crippen LogP contribution < -0.4 is 18.9 Å². The predicted octanol–water partition coefficient (Wildman–Crippen LogP) is 7.66. The van der Waals surface area contributed by atoms with Gasteiger partial charge in [-0.2, -0.15) is 0 Å². The van der Waals surface area contributed by atoms with Crippen molar-refractivity contribution in [2.24, 2.45) is 0 Å². The van der Waals surface area contributed by atoms with E-state index in [4.69, 9.17) is 56.8 Å². The van der Waals surface area contributed by atoms with E-state index in [0.29, 0.717) is 132 Å². The van der Waals surface area contributed by atoms with Gasteiger partial charge in [0.2, 0.25) is 0 Å². The standard InChI is InChI=1S/C48H56O12/c1-5-37-33-38-6-2-10-46-42(38)35-41(37)45(9-1)57-29-25-53-21-17-49-13-14-50-19-23-55-27-31-59-47-11-3-7-39-34-40-8-4-12-48(44(40)36-43(39)47)60-32-28-56-24-20-52-16-15-51-18-22-54-26-30-58-46/h1-12,33-36H,13-32H2. The second kappa shape index (κ2) is 24.5. The van der Waals surface area contributed by atoms with Crippen molar-refractivity contribution < 1.29 is 56.8 Å². The van der Waals surface area contributed by atoms with Crippen LogP contribution in [0.15, 0.2) is 97.1 Å². The van der Waals surface area contributed by atoms with Gasteiger partial charge in [0, 0.05) is 21.5 Å². The topological polar surface area (TPSA) is 111 Å². The van der Waals surface area contributed by atoms with Gasteiger partial charge in [0.05, 0.1) is 106 Å². The van der Waals surface area contributed by atoms with E-state index < -0.39 is 0 Å². The van der Waals surface area contributed by atoms with Gasteiger partial charge in [-0.15, -0.1) is 0 Å². The molecule has 0 fully saturated rings. The van der Waals surface area contributed by atoms with E-state index in [-0.39, 0.29) is 0 Å². The lowest BCUT2D eigenvalue weighted by atomic mass is 10.0. The zero-order valence-corrected chi connectivity index (χ0v) is 34.3. The van der Waals surface area contributed by atoms with E-state index in [9.17, 15) is 0 Å². The monoisotopic (exact) mass is 824 g/mol. The molecule has 12 nitrogen and oxygen atoms in total. The molecule has 1 heterocycles. The minimum Gasteiger partial charge on any atom is -0.491 e. The molecule has 6 aromatic rings. The minimum absolute atomic E-state index is 0.419. The Morgan fingerprint density at radius 1 is 0.217 bits per heavy atom. The van der Waals surface area contributed by atoms with Crippen LogP contribution >= 0.6 is 0 Å². The minimum atomic E-state index is 0.419. The maximum atomic E-state index is 6.16. The van der Waals surface area contributed by atoms with Crippen molar-refractivity contribution in [3.63, 3.8) is 0 Å². The highest BCUT2D eigenvalue weighted by Crippen LogP contribution is 2.35.